The molecule has 0 saturated carbocycles. The second-order valence-electron chi connectivity index (χ2n) is 31.4. The first-order valence-electron chi connectivity index (χ1n) is 30.2. The van der Waals surface area contributed by atoms with E-state index in [9.17, 15) is 0 Å². The summed E-state index contributed by atoms with van der Waals surface area (Å²) in [5.74, 6) is 0. The summed E-state index contributed by atoms with van der Waals surface area (Å²) < 4.78 is 2.55. The molecule has 0 saturated heterocycles. The predicted molar refractivity (Wildman–Crippen MR) is 361 cm³/mol. The van der Waals surface area contributed by atoms with E-state index in [1.807, 2.05) is 0 Å². The molecule has 0 aliphatic carbocycles. The number of hydrogen-bond donors (Lipinski definition) is 0. The van der Waals surface area contributed by atoms with E-state index in [1.165, 1.54) is 121 Å². The lowest BCUT2D eigenvalue weighted by atomic mass is 9.78. The Morgan fingerprint density at radius 2 is 0.671 bits per heavy atom. The zero-order valence-corrected chi connectivity index (χ0v) is 53.5. The van der Waals surface area contributed by atoms with Crippen molar-refractivity contribution in [2.24, 2.45) is 0 Å². The fourth-order valence-corrected chi connectivity index (χ4v) is 12.4. The first kappa shape index (κ1) is 56.7. The smallest absolute Gasteiger partial charge is 0.0541 e. The van der Waals surface area contributed by atoms with Crippen molar-refractivity contribution in [2.75, 3.05) is 4.90 Å². The molecule has 1 heterocycles. The van der Waals surface area contributed by atoms with Gasteiger partial charge in [0.05, 0.1) is 28.1 Å². The van der Waals surface area contributed by atoms with E-state index in [4.69, 9.17) is 0 Å². The molecule has 2 heteroatoms. The van der Waals surface area contributed by atoms with Crippen LogP contribution in [0.5, 0.6) is 0 Å². The fraction of sp³-hybridized carbons (Fsp3) is 0.350. The maximum Gasteiger partial charge on any atom is 0.0541 e. The number of nitrogens with zero attached hydrogens (tertiary/aromatic N) is 2. The van der Waals surface area contributed by atoms with Gasteiger partial charge in [0.15, 0.2) is 0 Å². The number of benzene rings is 10. The minimum atomic E-state index is -0.141. The van der Waals surface area contributed by atoms with E-state index in [2.05, 4.69) is 319 Å². The lowest BCUT2D eigenvalue weighted by Crippen LogP contribution is -2.18. The van der Waals surface area contributed by atoms with Crippen LogP contribution in [0.4, 0.5) is 17.1 Å². The molecule has 1 aromatic heterocycles. The largest absolute Gasteiger partial charge is 0.309 e. The van der Waals surface area contributed by atoms with Gasteiger partial charge in [-0.1, -0.05) is 249 Å². The molecule has 0 bridgehead atoms. The van der Waals surface area contributed by atoms with Crippen molar-refractivity contribution >= 4 is 71.2 Å². The van der Waals surface area contributed by atoms with Gasteiger partial charge < -0.3 is 9.47 Å². The van der Waals surface area contributed by atoms with Crippen LogP contribution in [-0.2, 0) is 37.9 Å². The van der Waals surface area contributed by atoms with Crippen LogP contribution in [-0.4, -0.2) is 4.57 Å². The summed E-state index contributed by atoms with van der Waals surface area (Å²) in [6.07, 6.45) is 0. The Morgan fingerprint density at radius 3 is 1.18 bits per heavy atom. The molecule has 420 valence electrons. The van der Waals surface area contributed by atoms with Crippen LogP contribution in [0.2, 0.25) is 0 Å². The van der Waals surface area contributed by atoms with Crippen LogP contribution < -0.4 is 4.90 Å². The Hall–Kier alpha value is -7.16. The standard InChI is InChI=1S/C80H90N2/c1-74(2,3)54-28-22-49(23-29-54)52-40-60(80(19,20)21)45-61(43-52)81(69-37-30-55(75(4,5)6)46-64(69)53-41-58(78(13,14)15)44-59(42-53)79(16,17)18)67-35-26-50-25-34-63-68(36-27-51-24-33-62(67)72(50)73(51)63)82-70-38-31-56(76(7,8)9)47-65(70)66-48-57(77(10,11)12)32-39-71(66)82/h22-48H,1-21H3. The van der Waals surface area contributed by atoms with E-state index in [1.54, 1.807) is 0 Å². The highest BCUT2D eigenvalue weighted by atomic mass is 15.1. The average molecular weight is 1080 g/mol. The molecule has 11 rings (SSSR count). The molecule has 82 heavy (non-hydrogen) atoms. The van der Waals surface area contributed by atoms with E-state index < -0.39 is 0 Å². The van der Waals surface area contributed by atoms with Gasteiger partial charge in [0.25, 0.3) is 0 Å². The third-order valence-electron chi connectivity index (χ3n) is 17.8. The second-order valence-corrected chi connectivity index (χ2v) is 31.4. The topological polar surface area (TPSA) is 8.17 Å². The second kappa shape index (κ2) is 19.2. The van der Waals surface area contributed by atoms with Gasteiger partial charge in [-0.3, -0.25) is 0 Å². The van der Waals surface area contributed by atoms with Crippen LogP contribution in [0.25, 0.3) is 82.1 Å². The molecule has 0 unspecified atom stereocenters. The van der Waals surface area contributed by atoms with E-state index >= 15 is 0 Å². The molecule has 0 amide bonds. The summed E-state index contributed by atoms with van der Waals surface area (Å²) in [4.78, 5) is 2.63. The number of hydrogen-bond acceptors (Lipinski definition) is 1. The minimum Gasteiger partial charge on any atom is -0.309 e. The van der Waals surface area contributed by atoms with E-state index in [0.717, 1.165) is 17.1 Å². The van der Waals surface area contributed by atoms with Crippen LogP contribution >= 0.6 is 0 Å². The molecule has 0 atom stereocenters. The molecule has 0 N–H and O–H groups in total. The van der Waals surface area contributed by atoms with Crippen molar-refractivity contribution in [1.29, 1.82) is 0 Å². The summed E-state index contributed by atoms with van der Waals surface area (Å²) in [6, 6.07) is 65.0. The molecule has 0 radical (unpaired) electrons. The average Bonchev–Trinajstić information content (AvgIpc) is 3.09. The SMILES string of the molecule is CC(C)(C)c1ccc(-c2cc(N(c3ccc(C(C)(C)C)cc3-c3cc(C(C)(C)C)cc(C(C)(C)C)c3)c3ccc4ccc5c(-n6c7ccc(C(C)(C)C)cc7c7cc(C(C)(C)C)ccc76)ccc6ccc3c4c65)cc(C(C)(C)C)c2)cc1. The summed E-state index contributed by atoms with van der Waals surface area (Å²) in [5, 5.41) is 10.1. The van der Waals surface area contributed by atoms with Crippen molar-refractivity contribution in [1.82, 2.24) is 4.57 Å². The van der Waals surface area contributed by atoms with Crippen LogP contribution in [0, 0.1) is 0 Å². The van der Waals surface area contributed by atoms with Crippen LogP contribution in [0.1, 0.15) is 184 Å². The van der Waals surface area contributed by atoms with E-state index in [-0.39, 0.29) is 37.9 Å². The number of anilines is 3. The Morgan fingerprint density at radius 1 is 0.268 bits per heavy atom. The van der Waals surface area contributed by atoms with Crippen molar-refractivity contribution in [3.8, 4) is 27.9 Å². The Labute approximate surface area is 492 Å². The number of fused-ring (bicyclic) bond motifs is 3. The third-order valence-corrected chi connectivity index (χ3v) is 17.8. The monoisotopic (exact) mass is 1080 g/mol. The van der Waals surface area contributed by atoms with E-state index in [0.29, 0.717) is 0 Å². The highest BCUT2D eigenvalue weighted by molar-refractivity contribution is 6.27. The molecule has 11 aromatic rings. The highest BCUT2D eigenvalue weighted by Crippen LogP contribution is 2.51. The van der Waals surface area contributed by atoms with Gasteiger partial charge >= 0.3 is 0 Å². The zero-order chi connectivity index (χ0) is 59.2. The molecule has 0 aliphatic heterocycles. The van der Waals surface area contributed by atoms with Gasteiger partial charge in [-0.2, -0.15) is 0 Å². The summed E-state index contributed by atoms with van der Waals surface area (Å²) in [6.45, 7) is 49.1. The molecular weight excluding hydrogens is 989 g/mol. The highest BCUT2D eigenvalue weighted by Gasteiger charge is 2.30. The zero-order valence-electron chi connectivity index (χ0n) is 53.5. The first-order valence-corrected chi connectivity index (χ1v) is 30.2. The van der Waals surface area contributed by atoms with Gasteiger partial charge in [-0.05, 0) is 176 Å². The quantitative estimate of drug-likeness (QED) is 0.151. The fourth-order valence-electron chi connectivity index (χ4n) is 12.4. The summed E-state index contributed by atoms with van der Waals surface area (Å²) in [7, 11) is 0. The first-order chi connectivity index (χ1) is 38.1. The Bertz CT molecular complexity index is 4170. The van der Waals surface area contributed by atoms with Crippen LogP contribution in [0.3, 0.4) is 0 Å². The Kier molecular flexibility index (Phi) is 13.3. The third kappa shape index (κ3) is 10.2. The minimum absolute atomic E-state index is 0.0113. The normalized spacial score (nSPS) is 13.4. The van der Waals surface area contributed by atoms with Gasteiger partial charge in [-0.25, -0.2) is 0 Å². The lowest BCUT2D eigenvalue weighted by Gasteiger charge is -2.33. The molecule has 2 nitrogen and oxygen atoms in total. The summed E-state index contributed by atoms with van der Waals surface area (Å²) in [5.41, 5.74) is 21.0. The predicted octanol–water partition coefficient (Wildman–Crippen LogP) is 23.6. The van der Waals surface area contributed by atoms with Gasteiger partial charge in [-0.15, -0.1) is 0 Å². The number of rotatable bonds is 6. The maximum atomic E-state index is 2.63. The molecule has 0 spiro atoms. The summed E-state index contributed by atoms with van der Waals surface area (Å²) >= 11 is 0. The van der Waals surface area contributed by atoms with Gasteiger partial charge in [0.1, 0.15) is 0 Å². The molecule has 10 aromatic carbocycles. The van der Waals surface area contributed by atoms with Gasteiger partial charge in [0, 0.05) is 32.8 Å². The van der Waals surface area contributed by atoms with Gasteiger partial charge in [0.2, 0.25) is 0 Å². The maximum absolute atomic E-state index is 2.63. The number of aromatic nitrogens is 1. The Balaban J connectivity index is 1.25. The molecular formula is C80H90N2. The lowest BCUT2D eigenvalue weighted by molar-refractivity contribution is 0.569. The van der Waals surface area contributed by atoms with Crippen molar-refractivity contribution in [3.63, 3.8) is 0 Å². The molecule has 0 aliphatic rings. The van der Waals surface area contributed by atoms with Crippen LogP contribution in [0.15, 0.2) is 164 Å². The van der Waals surface area contributed by atoms with Crippen molar-refractivity contribution < 1.29 is 0 Å². The molecule has 0 fully saturated rings. The van der Waals surface area contributed by atoms with Crippen molar-refractivity contribution in [3.05, 3.63) is 203 Å². The van der Waals surface area contributed by atoms with Crippen molar-refractivity contribution in [2.45, 2.75) is 183 Å².